The second kappa shape index (κ2) is 8.97. The van der Waals surface area contributed by atoms with Gasteiger partial charge in [0.15, 0.2) is 17.6 Å². The lowest BCUT2D eigenvalue weighted by atomic mass is 10.0. The fourth-order valence-electron chi connectivity index (χ4n) is 3.68. The van der Waals surface area contributed by atoms with Crippen molar-refractivity contribution in [3.8, 4) is 11.5 Å². The highest BCUT2D eigenvalue weighted by atomic mass is 16.6. The zero-order chi connectivity index (χ0) is 19.2. The molecule has 0 aromatic heterocycles. The molecule has 2 amide bonds. The lowest BCUT2D eigenvalue weighted by Gasteiger charge is -2.32. The molecular weight excluding hydrogens is 354 g/mol. The summed E-state index contributed by atoms with van der Waals surface area (Å²) in [6, 6.07) is 18.2. The number of hydrogen-bond acceptors (Lipinski definition) is 4. The number of carbonyl (C=O) groups is 1. The van der Waals surface area contributed by atoms with E-state index in [9.17, 15) is 4.79 Å². The van der Waals surface area contributed by atoms with Crippen molar-refractivity contribution in [3.63, 3.8) is 0 Å². The summed E-state index contributed by atoms with van der Waals surface area (Å²) in [5.74, 6) is 1.48. The van der Waals surface area contributed by atoms with E-state index < -0.39 is 0 Å². The summed E-state index contributed by atoms with van der Waals surface area (Å²) in [6.07, 6.45) is 1.77. The Labute approximate surface area is 165 Å². The molecular formula is C22H27N3O3. The summed E-state index contributed by atoms with van der Waals surface area (Å²) in [5.41, 5.74) is 1.34. The van der Waals surface area contributed by atoms with Crippen molar-refractivity contribution in [1.82, 2.24) is 15.5 Å². The molecule has 2 aromatic rings. The van der Waals surface area contributed by atoms with E-state index in [0.29, 0.717) is 13.2 Å². The molecule has 2 aliphatic heterocycles. The Morgan fingerprint density at radius 2 is 1.71 bits per heavy atom. The Morgan fingerprint density at radius 1 is 1.00 bits per heavy atom. The molecule has 2 N–H and O–H groups in total. The molecule has 2 heterocycles. The molecule has 0 aliphatic carbocycles. The van der Waals surface area contributed by atoms with Crippen LogP contribution in [0.2, 0.25) is 0 Å². The Balaban J connectivity index is 1.15. The van der Waals surface area contributed by atoms with E-state index in [4.69, 9.17) is 9.47 Å². The first-order valence-corrected chi connectivity index (χ1v) is 9.95. The molecule has 2 aliphatic rings. The molecule has 1 fully saturated rings. The molecule has 1 atom stereocenters. The van der Waals surface area contributed by atoms with Crippen LogP contribution in [0.5, 0.6) is 11.5 Å². The monoisotopic (exact) mass is 381 g/mol. The second-order valence-electron chi connectivity index (χ2n) is 7.39. The quantitative estimate of drug-likeness (QED) is 0.836. The smallest absolute Gasteiger partial charge is 0.315 e. The van der Waals surface area contributed by atoms with Gasteiger partial charge in [0.1, 0.15) is 6.61 Å². The number of fused-ring (bicyclic) bond motifs is 1. The summed E-state index contributed by atoms with van der Waals surface area (Å²) in [7, 11) is 0. The van der Waals surface area contributed by atoms with Crippen LogP contribution in [0.15, 0.2) is 54.6 Å². The molecule has 148 valence electrons. The van der Waals surface area contributed by atoms with Crippen molar-refractivity contribution in [3.05, 3.63) is 60.2 Å². The first kappa shape index (κ1) is 18.6. The first-order valence-electron chi connectivity index (χ1n) is 9.95. The van der Waals surface area contributed by atoms with E-state index in [0.717, 1.165) is 44.0 Å². The lowest BCUT2D eigenvalue weighted by Crippen LogP contribution is -2.50. The van der Waals surface area contributed by atoms with Gasteiger partial charge in [-0.3, -0.25) is 4.90 Å². The summed E-state index contributed by atoms with van der Waals surface area (Å²) in [5, 5.41) is 6.00. The minimum absolute atomic E-state index is 0.135. The maximum atomic E-state index is 12.2. The molecule has 0 radical (unpaired) electrons. The van der Waals surface area contributed by atoms with Gasteiger partial charge < -0.3 is 20.1 Å². The molecule has 1 unspecified atom stereocenters. The van der Waals surface area contributed by atoms with Gasteiger partial charge in [0.2, 0.25) is 0 Å². The zero-order valence-electron chi connectivity index (χ0n) is 16.0. The topological polar surface area (TPSA) is 62.8 Å². The van der Waals surface area contributed by atoms with Crippen LogP contribution in [0, 0.1) is 0 Å². The van der Waals surface area contributed by atoms with Crippen LogP contribution in [0.1, 0.15) is 18.4 Å². The van der Waals surface area contributed by atoms with Gasteiger partial charge >= 0.3 is 6.03 Å². The van der Waals surface area contributed by atoms with E-state index in [1.807, 2.05) is 30.3 Å². The van der Waals surface area contributed by atoms with Gasteiger partial charge in [-0.15, -0.1) is 0 Å². The van der Waals surface area contributed by atoms with Crippen LogP contribution < -0.4 is 20.1 Å². The number of nitrogens with zero attached hydrogens (tertiary/aromatic N) is 1. The molecule has 28 heavy (non-hydrogen) atoms. The van der Waals surface area contributed by atoms with Gasteiger partial charge in [-0.1, -0.05) is 42.5 Å². The number of likely N-dealkylation sites (tertiary alicyclic amines) is 1. The van der Waals surface area contributed by atoms with Gasteiger partial charge in [0.25, 0.3) is 0 Å². The SMILES string of the molecule is O=C(NCC1COc2ccccc2O1)NC1CCN(Cc2ccccc2)CC1. The third kappa shape index (κ3) is 4.95. The number of rotatable bonds is 5. The number of carbonyl (C=O) groups excluding carboxylic acids is 1. The van der Waals surface area contributed by atoms with Crippen molar-refractivity contribution in [2.75, 3.05) is 26.2 Å². The number of urea groups is 1. The molecule has 6 nitrogen and oxygen atoms in total. The molecule has 6 heteroatoms. The summed E-state index contributed by atoms with van der Waals surface area (Å²) in [4.78, 5) is 14.7. The van der Waals surface area contributed by atoms with Crippen LogP contribution in [-0.2, 0) is 6.54 Å². The predicted octanol–water partition coefficient (Wildman–Crippen LogP) is 2.79. The highest BCUT2D eigenvalue weighted by Crippen LogP contribution is 2.30. The Morgan fingerprint density at radius 3 is 2.50 bits per heavy atom. The minimum atomic E-state index is -0.173. The first-order chi connectivity index (χ1) is 13.8. The average Bonchev–Trinajstić information content (AvgIpc) is 2.74. The fourth-order valence-corrected chi connectivity index (χ4v) is 3.68. The van der Waals surface area contributed by atoms with E-state index >= 15 is 0 Å². The number of amides is 2. The standard InChI is InChI=1S/C22H27N3O3/c26-22(23-14-19-16-27-20-8-4-5-9-21(20)28-19)24-18-10-12-25(13-11-18)15-17-6-2-1-3-7-17/h1-9,18-19H,10-16H2,(H2,23,24,26). The van der Waals surface area contributed by atoms with Crippen LogP contribution in [0.3, 0.4) is 0 Å². The number of benzene rings is 2. The largest absolute Gasteiger partial charge is 0.486 e. The Kier molecular flexibility index (Phi) is 5.97. The number of nitrogens with one attached hydrogen (secondary N) is 2. The van der Waals surface area contributed by atoms with E-state index in [1.165, 1.54) is 5.56 Å². The highest BCUT2D eigenvalue weighted by Gasteiger charge is 2.23. The van der Waals surface area contributed by atoms with E-state index in [2.05, 4.69) is 39.8 Å². The summed E-state index contributed by atoms with van der Waals surface area (Å²) >= 11 is 0. The Bertz CT molecular complexity index is 776. The normalized spacial score (nSPS) is 19.8. The lowest BCUT2D eigenvalue weighted by molar-refractivity contribution is 0.0915. The summed E-state index contributed by atoms with van der Waals surface area (Å²) in [6.45, 7) is 3.83. The zero-order valence-corrected chi connectivity index (χ0v) is 16.0. The molecule has 4 rings (SSSR count). The van der Waals surface area contributed by atoms with Crippen molar-refractivity contribution < 1.29 is 14.3 Å². The molecule has 0 spiro atoms. The molecule has 0 saturated carbocycles. The van der Waals surface area contributed by atoms with Crippen LogP contribution in [-0.4, -0.2) is 49.3 Å². The van der Waals surface area contributed by atoms with Crippen molar-refractivity contribution >= 4 is 6.03 Å². The molecule has 1 saturated heterocycles. The third-order valence-corrected chi connectivity index (χ3v) is 5.23. The highest BCUT2D eigenvalue weighted by molar-refractivity contribution is 5.74. The van der Waals surface area contributed by atoms with Gasteiger partial charge in [0.05, 0.1) is 6.54 Å². The molecule has 2 aromatic carbocycles. The van der Waals surface area contributed by atoms with Crippen molar-refractivity contribution in [2.45, 2.75) is 31.5 Å². The third-order valence-electron chi connectivity index (χ3n) is 5.23. The van der Waals surface area contributed by atoms with Crippen molar-refractivity contribution in [2.24, 2.45) is 0 Å². The maximum absolute atomic E-state index is 12.2. The minimum Gasteiger partial charge on any atom is -0.486 e. The van der Waals surface area contributed by atoms with Crippen molar-refractivity contribution in [1.29, 1.82) is 0 Å². The number of para-hydroxylation sites is 2. The van der Waals surface area contributed by atoms with Crippen LogP contribution in [0.4, 0.5) is 4.79 Å². The number of ether oxygens (including phenoxy) is 2. The number of hydrogen-bond donors (Lipinski definition) is 2. The predicted molar refractivity (Wildman–Crippen MR) is 108 cm³/mol. The summed E-state index contributed by atoms with van der Waals surface area (Å²) < 4.78 is 11.5. The average molecular weight is 381 g/mol. The van der Waals surface area contributed by atoms with E-state index in [-0.39, 0.29) is 18.2 Å². The van der Waals surface area contributed by atoms with Gasteiger partial charge in [-0.05, 0) is 30.5 Å². The van der Waals surface area contributed by atoms with E-state index in [1.54, 1.807) is 0 Å². The van der Waals surface area contributed by atoms with Gasteiger partial charge in [-0.2, -0.15) is 0 Å². The maximum Gasteiger partial charge on any atom is 0.315 e. The van der Waals surface area contributed by atoms with Gasteiger partial charge in [0, 0.05) is 25.7 Å². The van der Waals surface area contributed by atoms with Crippen LogP contribution in [0.25, 0.3) is 0 Å². The number of piperidine rings is 1. The van der Waals surface area contributed by atoms with Crippen LogP contribution >= 0.6 is 0 Å². The fraction of sp³-hybridized carbons (Fsp3) is 0.409. The Hall–Kier alpha value is -2.73. The van der Waals surface area contributed by atoms with Gasteiger partial charge in [-0.25, -0.2) is 4.79 Å². The molecule has 0 bridgehead atoms. The second-order valence-corrected chi connectivity index (χ2v) is 7.39.